The highest BCUT2D eigenvalue weighted by atomic mass is 35.5. The lowest BCUT2D eigenvalue weighted by Gasteiger charge is -2.45. The Morgan fingerprint density at radius 1 is 0.391 bits per heavy atom. The molecule has 0 amide bonds. The quantitative estimate of drug-likeness (QED) is 0.170. The van der Waals surface area contributed by atoms with Crippen molar-refractivity contribution < 1.29 is 0 Å². The van der Waals surface area contributed by atoms with E-state index in [1.54, 1.807) is 0 Å². The summed E-state index contributed by atoms with van der Waals surface area (Å²) in [7, 11) is -2.70. The normalized spacial score (nSPS) is 13.0. The number of fused-ring (bicyclic) bond motifs is 2. The van der Waals surface area contributed by atoms with Gasteiger partial charge in [0.05, 0.1) is 16.4 Å². The maximum absolute atomic E-state index is 7.60. The SMILES string of the molecule is Clc1c(N(c2ccccc2)c2ccccc2)cccc1N1c2ccccc2[Si](c2ccccc2)(c2ccccc2)c2ccccc21. The van der Waals surface area contributed by atoms with Crippen molar-refractivity contribution in [3.05, 3.63) is 193 Å². The summed E-state index contributed by atoms with van der Waals surface area (Å²) in [5, 5.41) is 6.10. The van der Waals surface area contributed by atoms with Gasteiger partial charge in [-0.1, -0.05) is 151 Å². The predicted octanol–water partition coefficient (Wildman–Crippen LogP) is 8.97. The summed E-state index contributed by atoms with van der Waals surface area (Å²) >= 11 is 7.60. The van der Waals surface area contributed by atoms with Crippen molar-refractivity contribution in [2.24, 2.45) is 0 Å². The van der Waals surface area contributed by atoms with E-state index in [-0.39, 0.29) is 0 Å². The maximum atomic E-state index is 7.60. The van der Waals surface area contributed by atoms with E-state index in [0.29, 0.717) is 5.02 Å². The number of hydrogen-bond donors (Lipinski definition) is 0. The first kappa shape index (κ1) is 28.1. The average Bonchev–Trinajstić information content (AvgIpc) is 3.13. The van der Waals surface area contributed by atoms with Gasteiger partial charge in [-0.2, -0.15) is 0 Å². The molecule has 0 N–H and O–H groups in total. The van der Waals surface area contributed by atoms with Crippen molar-refractivity contribution in [2.75, 3.05) is 9.80 Å². The Morgan fingerprint density at radius 3 is 1.26 bits per heavy atom. The molecule has 220 valence electrons. The van der Waals surface area contributed by atoms with E-state index in [4.69, 9.17) is 11.6 Å². The Labute approximate surface area is 276 Å². The number of anilines is 6. The summed E-state index contributed by atoms with van der Waals surface area (Å²) < 4.78 is 0. The van der Waals surface area contributed by atoms with Gasteiger partial charge in [0.2, 0.25) is 0 Å². The molecule has 0 aromatic heterocycles. The van der Waals surface area contributed by atoms with Crippen molar-refractivity contribution in [2.45, 2.75) is 0 Å². The van der Waals surface area contributed by atoms with E-state index >= 15 is 0 Å². The summed E-state index contributed by atoms with van der Waals surface area (Å²) in [5.41, 5.74) is 6.28. The molecule has 46 heavy (non-hydrogen) atoms. The monoisotopic (exact) mass is 626 g/mol. The molecule has 0 saturated heterocycles. The van der Waals surface area contributed by atoms with Crippen LogP contribution in [0.2, 0.25) is 5.02 Å². The zero-order chi connectivity index (χ0) is 30.9. The van der Waals surface area contributed by atoms with Crippen LogP contribution in [0.15, 0.2) is 188 Å². The number of rotatable bonds is 6. The molecular weight excluding hydrogens is 596 g/mol. The van der Waals surface area contributed by atoms with Gasteiger partial charge in [-0.05, 0) is 69.3 Å². The minimum absolute atomic E-state index is 0.688. The number of halogens is 1. The number of benzene rings is 7. The van der Waals surface area contributed by atoms with Gasteiger partial charge in [0.15, 0.2) is 8.07 Å². The van der Waals surface area contributed by atoms with Crippen LogP contribution in [0.4, 0.5) is 34.1 Å². The molecule has 0 radical (unpaired) electrons. The fourth-order valence-electron chi connectivity index (χ4n) is 7.11. The molecule has 0 atom stereocenters. The van der Waals surface area contributed by atoms with Crippen LogP contribution in [0.5, 0.6) is 0 Å². The molecule has 0 fully saturated rings. The maximum Gasteiger partial charge on any atom is 0.184 e. The van der Waals surface area contributed by atoms with Gasteiger partial charge in [0.1, 0.15) is 0 Å². The Kier molecular flexibility index (Phi) is 7.26. The van der Waals surface area contributed by atoms with Crippen LogP contribution in [-0.2, 0) is 0 Å². The Balaban J connectivity index is 1.40. The number of nitrogens with zero attached hydrogens (tertiary/aromatic N) is 2. The molecule has 7 aromatic carbocycles. The lowest BCUT2D eigenvalue weighted by molar-refractivity contribution is 1.25. The van der Waals surface area contributed by atoms with Gasteiger partial charge in [-0.15, -0.1) is 0 Å². The van der Waals surface area contributed by atoms with Crippen LogP contribution >= 0.6 is 11.6 Å². The van der Waals surface area contributed by atoms with E-state index in [2.05, 4.69) is 186 Å². The summed E-state index contributed by atoms with van der Waals surface area (Å²) in [6.07, 6.45) is 0. The largest absolute Gasteiger partial charge is 0.309 e. The zero-order valence-electron chi connectivity index (χ0n) is 25.2. The second kappa shape index (κ2) is 11.9. The first-order valence-electron chi connectivity index (χ1n) is 15.6. The lowest BCUT2D eigenvalue weighted by atomic mass is 10.1. The molecular formula is C42H31ClN2Si. The third-order valence-electron chi connectivity index (χ3n) is 8.98. The van der Waals surface area contributed by atoms with Gasteiger partial charge in [0, 0.05) is 22.7 Å². The van der Waals surface area contributed by atoms with Crippen LogP contribution in [0.25, 0.3) is 0 Å². The number of para-hydroxylation sites is 4. The fraction of sp³-hybridized carbons (Fsp3) is 0. The topological polar surface area (TPSA) is 6.48 Å². The Morgan fingerprint density at radius 2 is 0.783 bits per heavy atom. The highest BCUT2D eigenvalue weighted by Crippen LogP contribution is 2.47. The molecule has 7 aromatic rings. The van der Waals surface area contributed by atoms with E-state index in [1.807, 2.05) is 12.1 Å². The van der Waals surface area contributed by atoms with Crippen LogP contribution in [0.3, 0.4) is 0 Å². The van der Waals surface area contributed by atoms with Crippen LogP contribution < -0.4 is 30.5 Å². The summed E-state index contributed by atoms with van der Waals surface area (Å²) in [6.45, 7) is 0. The molecule has 0 bridgehead atoms. The molecule has 8 rings (SSSR count). The van der Waals surface area contributed by atoms with Crippen molar-refractivity contribution in [3.8, 4) is 0 Å². The molecule has 0 unspecified atom stereocenters. The molecule has 0 aliphatic carbocycles. The van der Waals surface area contributed by atoms with Crippen molar-refractivity contribution in [3.63, 3.8) is 0 Å². The van der Waals surface area contributed by atoms with Crippen molar-refractivity contribution in [1.29, 1.82) is 0 Å². The lowest BCUT2D eigenvalue weighted by Crippen LogP contribution is -2.77. The Bertz CT molecular complexity index is 1990. The molecule has 1 aliphatic rings. The van der Waals surface area contributed by atoms with E-state index in [9.17, 15) is 0 Å². The van der Waals surface area contributed by atoms with Gasteiger partial charge in [0.25, 0.3) is 0 Å². The first-order valence-corrected chi connectivity index (χ1v) is 18.0. The van der Waals surface area contributed by atoms with Crippen LogP contribution in [0.1, 0.15) is 0 Å². The van der Waals surface area contributed by atoms with Gasteiger partial charge in [-0.3, -0.25) is 0 Å². The third-order valence-corrected chi connectivity index (χ3v) is 14.2. The standard InChI is InChI=1S/C42H31ClN2Si/c43-42-38(44(32-18-5-1-6-19-32)33-20-7-2-8-21-33)28-17-29-39(42)45-36-26-13-15-30-40(36)46(34-22-9-3-10-23-34,35-24-11-4-12-25-35)41-31-16-14-27-37(41)45/h1-31H. The minimum Gasteiger partial charge on any atom is -0.309 e. The highest BCUT2D eigenvalue weighted by molar-refractivity contribution is 7.21. The van der Waals surface area contributed by atoms with Gasteiger partial charge >= 0.3 is 0 Å². The predicted molar refractivity (Wildman–Crippen MR) is 198 cm³/mol. The second-order valence-electron chi connectivity index (χ2n) is 11.5. The minimum atomic E-state index is -2.70. The first-order chi connectivity index (χ1) is 22.8. The van der Waals surface area contributed by atoms with Crippen LogP contribution in [-0.4, -0.2) is 8.07 Å². The molecule has 1 heterocycles. The van der Waals surface area contributed by atoms with E-state index in [1.165, 1.54) is 20.7 Å². The smallest absolute Gasteiger partial charge is 0.184 e. The van der Waals surface area contributed by atoms with E-state index < -0.39 is 8.07 Å². The zero-order valence-corrected chi connectivity index (χ0v) is 26.9. The molecule has 1 aliphatic heterocycles. The number of hydrogen-bond acceptors (Lipinski definition) is 2. The van der Waals surface area contributed by atoms with Gasteiger partial charge in [-0.25, -0.2) is 0 Å². The Hall–Kier alpha value is -5.35. The molecule has 4 heteroatoms. The summed E-state index contributed by atoms with van der Waals surface area (Å²) in [6, 6.07) is 67.3. The molecule has 2 nitrogen and oxygen atoms in total. The summed E-state index contributed by atoms with van der Waals surface area (Å²) in [4.78, 5) is 4.61. The van der Waals surface area contributed by atoms with Crippen molar-refractivity contribution in [1.82, 2.24) is 0 Å². The fourth-order valence-corrected chi connectivity index (χ4v) is 12.5. The van der Waals surface area contributed by atoms with Crippen LogP contribution in [0, 0.1) is 0 Å². The van der Waals surface area contributed by atoms with Gasteiger partial charge < -0.3 is 9.80 Å². The molecule has 0 saturated carbocycles. The van der Waals surface area contributed by atoms with Crippen molar-refractivity contribution >= 4 is 74.5 Å². The van der Waals surface area contributed by atoms with E-state index in [0.717, 1.165) is 34.1 Å². The highest BCUT2D eigenvalue weighted by Gasteiger charge is 2.48. The second-order valence-corrected chi connectivity index (χ2v) is 15.6. The third kappa shape index (κ3) is 4.47. The molecule has 0 spiro atoms. The average molecular weight is 627 g/mol. The summed E-state index contributed by atoms with van der Waals surface area (Å²) in [5.74, 6) is 0.